The van der Waals surface area contributed by atoms with E-state index in [2.05, 4.69) is 229 Å². The first-order valence-corrected chi connectivity index (χ1v) is 23.4. The van der Waals surface area contributed by atoms with Crippen molar-refractivity contribution in [2.24, 2.45) is 0 Å². The van der Waals surface area contributed by atoms with E-state index in [1.165, 1.54) is 27.4 Å². The molecule has 0 spiro atoms. The van der Waals surface area contributed by atoms with Crippen molar-refractivity contribution >= 4 is 43.7 Å². The number of rotatable bonds is 7. The lowest BCUT2D eigenvalue weighted by Gasteiger charge is -2.32. The molecule has 322 valence electrons. The van der Waals surface area contributed by atoms with E-state index in [9.17, 15) is 0 Å². The van der Waals surface area contributed by atoms with E-state index in [0.29, 0.717) is 17.5 Å². The van der Waals surface area contributed by atoms with Crippen LogP contribution in [0.25, 0.3) is 106 Å². The predicted molar refractivity (Wildman–Crippen MR) is 280 cm³/mol. The van der Waals surface area contributed by atoms with E-state index in [-0.39, 0.29) is 0 Å². The second-order valence-electron chi connectivity index (χ2n) is 17.8. The minimum absolute atomic E-state index is 0.587. The summed E-state index contributed by atoms with van der Waals surface area (Å²) in [7, 11) is 0. The van der Waals surface area contributed by atoms with Gasteiger partial charge in [0.25, 0.3) is 0 Å². The molecule has 0 unspecified atom stereocenters. The molecule has 69 heavy (non-hydrogen) atoms. The number of fused-ring (bicyclic) bond motifs is 9. The molecule has 0 radical (unpaired) electrons. The van der Waals surface area contributed by atoms with Crippen molar-refractivity contribution in [3.8, 4) is 61.8 Å². The lowest BCUT2D eigenvalue weighted by atomic mass is 9.70. The van der Waals surface area contributed by atoms with Gasteiger partial charge >= 0.3 is 0 Å². The Morgan fingerprint density at radius 1 is 0.348 bits per heavy atom. The Bertz CT molecular complexity index is 4090. The molecule has 0 N–H and O–H groups in total. The van der Waals surface area contributed by atoms with Crippen molar-refractivity contribution in [1.29, 1.82) is 0 Å². The van der Waals surface area contributed by atoms with Gasteiger partial charge in [-0.3, -0.25) is 0 Å². The van der Waals surface area contributed by atoms with Gasteiger partial charge in [0.1, 0.15) is 16.6 Å². The Kier molecular flexibility index (Phi) is 8.73. The Balaban J connectivity index is 1.04. The van der Waals surface area contributed by atoms with Crippen molar-refractivity contribution in [2.75, 3.05) is 0 Å². The number of aromatic nitrogens is 4. The summed E-state index contributed by atoms with van der Waals surface area (Å²) in [6.07, 6.45) is 0. The summed E-state index contributed by atoms with van der Waals surface area (Å²) in [5, 5.41) is 4.51. The summed E-state index contributed by atoms with van der Waals surface area (Å²) in [6, 6.07) is 86.0. The quantitative estimate of drug-likeness (QED) is 0.160. The third kappa shape index (κ3) is 5.94. The predicted octanol–water partition coefficient (Wildman–Crippen LogP) is 15.9. The Morgan fingerprint density at radius 2 is 0.884 bits per heavy atom. The molecule has 0 amide bonds. The number of para-hydroxylation sites is 3. The molecule has 10 aromatic carbocycles. The molecule has 5 heteroatoms. The summed E-state index contributed by atoms with van der Waals surface area (Å²) in [5.41, 5.74) is 16.0. The van der Waals surface area contributed by atoms with Crippen LogP contribution in [0.3, 0.4) is 0 Å². The minimum Gasteiger partial charge on any atom is -0.456 e. The van der Waals surface area contributed by atoms with E-state index in [1.807, 2.05) is 18.2 Å². The normalized spacial score (nSPS) is 12.8. The summed E-state index contributed by atoms with van der Waals surface area (Å²) >= 11 is 0. The molecule has 3 heterocycles. The third-order valence-corrected chi connectivity index (χ3v) is 14.1. The first-order chi connectivity index (χ1) is 34.2. The van der Waals surface area contributed by atoms with Crippen LogP contribution in [-0.2, 0) is 5.41 Å². The highest BCUT2D eigenvalue weighted by molar-refractivity contribution is 6.14. The number of hydrogen-bond acceptors (Lipinski definition) is 4. The zero-order valence-electron chi connectivity index (χ0n) is 37.3. The zero-order valence-corrected chi connectivity index (χ0v) is 37.3. The van der Waals surface area contributed by atoms with Crippen molar-refractivity contribution in [1.82, 2.24) is 19.5 Å². The monoisotopic (exact) mass is 880 g/mol. The number of benzene rings is 10. The lowest BCUT2D eigenvalue weighted by molar-refractivity contribution is 0.665. The molecule has 0 saturated carbocycles. The highest BCUT2D eigenvalue weighted by Crippen LogP contribution is 2.57. The molecule has 0 atom stereocenters. The Hall–Kier alpha value is -9.19. The molecule has 3 aromatic heterocycles. The van der Waals surface area contributed by atoms with E-state index in [0.717, 1.165) is 83.2 Å². The standard InChI is InChI=1S/C64H40N4O/c1-3-18-41(19-4-1)44-22-15-23-45(40-44)62-65-61(43-36-38-46(39-37-43)68-56-33-13-9-26-50(56)51-29-16-28-47(60(51)68)42-20-5-2-6-21-42)66-63(67-62)64(53-30-11-7-24-48(53)49-25-8-12-31-54(49)64)55-32-17-35-58-59(55)52-27-10-14-34-57(52)69-58/h1-40H. The molecule has 0 bridgehead atoms. The number of hydrogen-bond donors (Lipinski definition) is 0. The zero-order chi connectivity index (χ0) is 45.5. The Morgan fingerprint density at radius 3 is 1.65 bits per heavy atom. The van der Waals surface area contributed by atoms with Gasteiger partial charge < -0.3 is 8.98 Å². The fourth-order valence-corrected chi connectivity index (χ4v) is 11.1. The van der Waals surface area contributed by atoms with Crippen LogP contribution in [0.5, 0.6) is 0 Å². The summed E-state index contributed by atoms with van der Waals surface area (Å²) in [4.78, 5) is 16.8. The first-order valence-electron chi connectivity index (χ1n) is 23.4. The van der Waals surface area contributed by atoms with Gasteiger partial charge in [-0.2, -0.15) is 0 Å². The van der Waals surface area contributed by atoms with Crippen molar-refractivity contribution in [3.05, 3.63) is 265 Å². The van der Waals surface area contributed by atoms with Crippen LogP contribution in [0.2, 0.25) is 0 Å². The maximum Gasteiger partial charge on any atom is 0.163 e. The van der Waals surface area contributed by atoms with Crippen molar-refractivity contribution in [3.63, 3.8) is 0 Å². The fourth-order valence-electron chi connectivity index (χ4n) is 11.1. The van der Waals surface area contributed by atoms with Gasteiger partial charge in [0.15, 0.2) is 17.5 Å². The fraction of sp³-hybridized carbons (Fsp3) is 0.0156. The lowest BCUT2D eigenvalue weighted by Crippen LogP contribution is -2.32. The van der Waals surface area contributed by atoms with E-state index < -0.39 is 5.41 Å². The van der Waals surface area contributed by atoms with Gasteiger partial charge in [-0.25, -0.2) is 15.0 Å². The highest BCUT2D eigenvalue weighted by Gasteiger charge is 2.50. The second kappa shape index (κ2) is 15.4. The molecular weight excluding hydrogens is 841 g/mol. The van der Waals surface area contributed by atoms with Crippen LogP contribution in [-0.4, -0.2) is 19.5 Å². The van der Waals surface area contributed by atoms with Gasteiger partial charge in [0.05, 0.1) is 11.0 Å². The maximum absolute atomic E-state index is 6.62. The van der Waals surface area contributed by atoms with E-state index in [4.69, 9.17) is 19.4 Å². The van der Waals surface area contributed by atoms with Gasteiger partial charge in [0, 0.05) is 43.9 Å². The molecule has 1 aliphatic carbocycles. The SMILES string of the molecule is c1ccc(-c2cccc(-c3nc(-c4ccc(-n5c6ccccc6c6cccc(-c7ccccc7)c65)cc4)nc(C4(c5cccc6oc7ccccc7c56)c5ccccc5-c5ccccc54)n3)c2)cc1. The minimum atomic E-state index is -0.959. The van der Waals surface area contributed by atoms with Crippen LogP contribution < -0.4 is 0 Å². The average molecular weight is 881 g/mol. The maximum atomic E-state index is 6.62. The van der Waals surface area contributed by atoms with E-state index in [1.54, 1.807) is 0 Å². The molecule has 0 fully saturated rings. The molecule has 5 nitrogen and oxygen atoms in total. The third-order valence-electron chi connectivity index (χ3n) is 14.1. The van der Waals surface area contributed by atoms with Crippen LogP contribution in [0.15, 0.2) is 247 Å². The number of nitrogens with zero attached hydrogens (tertiary/aromatic N) is 4. The van der Waals surface area contributed by atoms with Crippen LogP contribution in [0.4, 0.5) is 0 Å². The topological polar surface area (TPSA) is 56.7 Å². The van der Waals surface area contributed by atoms with Gasteiger partial charge in [-0.1, -0.05) is 194 Å². The van der Waals surface area contributed by atoms with Crippen LogP contribution in [0.1, 0.15) is 22.5 Å². The molecule has 0 aliphatic heterocycles. The van der Waals surface area contributed by atoms with Crippen LogP contribution >= 0.6 is 0 Å². The summed E-state index contributed by atoms with van der Waals surface area (Å²) < 4.78 is 9.02. The largest absolute Gasteiger partial charge is 0.456 e. The van der Waals surface area contributed by atoms with Crippen molar-refractivity contribution in [2.45, 2.75) is 5.41 Å². The van der Waals surface area contributed by atoms with E-state index >= 15 is 0 Å². The van der Waals surface area contributed by atoms with Gasteiger partial charge in [0.2, 0.25) is 0 Å². The smallest absolute Gasteiger partial charge is 0.163 e. The summed E-state index contributed by atoms with van der Waals surface area (Å²) in [6.45, 7) is 0. The molecular formula is C64H40N4O. The molecule has 13 aromatic rings. The van der Waals surface area contributed by atoms with Crippen molar-refractivity contribution < 1.29 is 4.42 Å². The molecule has 0 saturated heterocycles. The van der Waals surface area contributed by atoms with Gasteiger partial charge in [-0.05, 0) is 93.0 Å². The van der Waals surface area contributed by atoms with Crippen LogP contribution in [0, 0.1) is 0 Å². The molecule has 14 rings (SSSR count). The Labute approximate surface area is 398 Å². The first kappa shape index (κ1) is 39.0. The second-order valence-corrected chi connectivity index (χ2v) is 17.8. The van der Waals surface area contributed by atoms with Gasteiger partial charge in [-0.15, -0.1) is 0 Å². The average Bonchev–Trinajstić information content (AvgIpc) is 4.08. The number of furan rings is 1. The molecule has 1 aliphatic rings. The highest BCUT2D eigenvalue weighted by atomic mass is 16.3. The summed E-state index contributed by atoms with van der Waals surface area (Å²) in [5.74, 6) is 1.82.